The van der Waals surface area contributed by atoms with Crippen molar-refractivity contribution in [3.63, 3.8) is 0 Å². The van der Waals surface area contributed by atoms with Crippen LogP contribution in [0, 0.1) is 5.95 Å². The molecule has 1 fully saturated rings. The van der Waals surface area contributed by atoms with Gasteiger partial charge in [-0.15, -0.1) is 0 Å². The molecule has 0 aliphatic heterocycles. The fourth-order valence-electron chi connectivity index (χ4n) is 1.35. The van der Waals surface area contributed by atoms with Gasteiger partial charge in [0.15, 0.2) is 0 Å². The molecular weight excluding hydrogens is 215 g/mol. The molecule has 1 amide bonds. The first kappa shape index (κ1) is 10.5. The van der Waals surface area contributed by atoms with Gasteiger partial charge >= 0.3 is 5.97 Å². The third-order valence-corrected chi connectivity index (χ3v) is 2.50. The van der Waals surface area contributed by atoms with Gasteiger partial charge in [0.1, 0.15) is 5.54 Å². The first-order valence-corrected chi connectivity index (χ1v) is 4.71. The Morgan fingerprint density at radius 3 is 2.69 bits per heavy atom. The second kappa shape index (κ2) is 3.55. The van der Waals surface area contributed by atoms with Crippen molar-refractivity contribution in [3.05, 3.63) is 29.8 Å². The van der Waals surface area contributed by atoms with Crippen molar-refractivity contribution in [2.45, 2.75) is 18.4 Å². The van der Waals surface area contributed by atoms with Crippen LogP contribution in [0.15, 0.2) is 18.3 Å². The molecule has 16 heavy (non-hydrogen) atoms. The van der Waals surface area contributed by atoms with E-state index in [1.54, 1.807) is 0 Å². The summed E-state index contributed by atoms with van der Waals surface area (Å²) in [5.41, 5.74) is -1.09. The summed E-state index contributed by atoms with van der Waals surface area (Å²) in [4.78, 5) is 25.7. The van der Waals surface area contributed by atoms with Gasteiger partial charge in [0.05, 0.1) is 0 Å². The van der Waals surface area contributed by atoms with Gasteiger partial charge in [0.2, 0.25) is 5.95 Å². The number of aromatic nitrogens is 1. The molecule has 84 valence electrons. The predicted molar refractivity (Wildman–Crippen MR) is 51.3 cm³/mol. The minimum atomic E-state index is -1.16. The Hall–Kier alpha value is -1.98. The lowest BCUT2D eigenvalue weighted by molar-refractivity contribution is -0.140. The lowest BCUT2D eigenvalue weighted by atomic mass is 10.2. The molecule has 6 heteroatoms. The lowest BCUT2D eigenvalue weighted by Crippen LogP contribution is -2.43. The molecule has 0 spiro atoms. The van der Waals surface area contributed by atoms with E-state index in [4.69, 9.17) is 5.11 Å². The third-order valence-electron chi connectivity index (χ3n) is 2.50. The Kier molecular flexibility index (Phi) is 2.34. The van der Waals surface area contributed by atoms with Crippen LogP contribution in [-0.4, -0.2) is 27.5 Å². The number of carbonyl (C=O) groups is 2. The molecule has 0 radical (unpaired) electrons. The summed E-state index contributed by atoms with van der Waals surface area (Å²) < 4.78 is 12.7. The summed E-state index contributed by atoms with van der Waals surface area (Å²) in [5.74, 6) is -2.43. The Morgan fingerprint density at radius 1 is 1.50 bits per heavy atom. The molecule has 0 bridgehead atoms. The molecular formula is C10H9FN2O3. The minimum absolute atomic E-state index is 0.0695. The van der Waals surface area contributed by atoms with E-state index in [9.17, 15) is 14.0 Å². The van der Waals surface area contributed by atoms with Crippen LogP contribution < -0.4 is 5.32 Å². The number of rotatable bonds is 3. The number of hydrogen-bond acceptors (Lipinski definition) is 3. The summed E-state index contributed by atoms with van der Waals surface area (Å²) in [6, 6.07) is 2.30. The fraction of sp³-hybridized carbons (Fsp3) is 0.300. The van der Waals surface area contributed by atoms with Gasteiger partial charge in [0.25, 0.3) is 5.91 Å². The van der Waals surface area contributed by atoms with E-state index in [0.29, 0.717) is 12.8 Å². The number of pyridine rings is 1. The maximum absolute atomic E-state index is 12.7. The normalized spacial score (nSPS) is 16.6. The molecule has 1 aromatic rings. The van der Waals surface area contributed by atoms with Crippen LogP contribution in [0.3, 0.4) is 0 Å². The van der Waals surface area contributed by atoms with Crippen LogP contribution in [-0.2, 0) is 4.79 Å². The molecule has 1 aliphatic carbocycles. The van der Waals surface area contributed by atoms with Crippen molar-refractivity contribution in [2.24, 2.45) is 0 Å². The average Bonchev–Trinajstić information content (AvgIpc) is 2.99. The largest absolute Gasteiger partial charge is 0.480 e. The zero-order valence-electron chi connectivity index (χ0n) is 8.24. The number of carboxylic acids is 1. The van der Waals surface area contributed by atoms with E-state index in [2.05, 4.69) is 10.3 Å². The zero-order valence-corrected chi connectivity index (χ0v) is 8.24. The first-order valence-electron chi connectivity index (χ1n) is 4.71. The predicted octanol–water partition coefficient (Wildman–Crippen LogP) is 0.568. The number of carbonyl (C=O) groups excluding carboxylic acids is 1. The van der Waals surface area contributed by atoms with Crippen LogP contribution in [0.25, 0.3) is 0 Å². The number of aliphatic carboxylic acids is 1. The smallest absolute Gasteiger partial charge is 0.329 e. The van der Waals surface area contributed by atoms with Gasteiger partial charge in [0, 0.05) is 17.8 Å². The van der Waals surface area contributed by atoms with E-state index in [1.165, 1.54) is 6.07 Å². The molecule has 1 aliphatic rings. The number of halogens is 1. The molecule has 2 N–H and O–H groups in total. The van der Waals surface area contributed by atoms with E-state index in [1.807, 2.05) is 0 Å². The third kappa shape index (κ3) is 1.86. The van der Waals surface area contributed by atoms with Gasteiger partial charge in [-0.25, -0.2) is 9.78 Å². The van der Waals surface area contributed by atoms with Crippen molar-refractivity contribution in [1.82, 2.24) is 10.3 Å². The van der Waals surface area contributed by atoms with Crippen LogP contribution >= 0.6 is 0 Å². The van der Waals surface area contributed by atoms with E-state index >= 15 is 0 Å². The molecule has 0 aromatic carbocycles. The molecule has 1 heterocycles. The van der Waals surface area contributed by atoms with Gasteiger partial charge in [-0.3, -0.25) is 4.79 Å². The van der Waals surface area contributed by atoms with Crippen LogP contribution in [0.5, 0.6) is 0 Å². The lowest BCUT2D eigenvalue weighted by Gasteiger charge is -2.11. The number of amides is 1. The maximum Gasteiger partial charge on any atom is 0.329 e. The highest BCUT2D eigenvalue weighted by Crippen LogP contribution is 2.35. The molecule has 1 saturated carbocycles. The van der Waals surface area contributed by atoms with Crippen molar-refractivity contribution >= 4 is 11.9 Å². The molecule has 0 atom stereocenters. The van der Waals surface area contributed by atoms with Crippen LogP contribution in [0.4, 0.5) is 4.39 Å². The Labute approximate surface area is 90.3 Å². The number of nitrogens with zero attached hydrogens (tertiary/aromatic N) is 1. The van der Waals surface area contributed by atoms with Crippen molar-refractivity contribution in [1.29, 1.82) is 0 Å². The Morgan fingerprint density at radius 2 is 2.19 bits per heavy atom. The summed E-state index contributed by atoms with van der Waals surface area (Å²) in [6.07, 6.45) is 1.97. The molecule has 2 rings (SSSR count). The zero-order chi connectivity index (χ0) is 11.8. The number of nitrogens with one attached hydrogen (secondary N) is 1. The number of carboxylic acid groups (broad SMARTS) is 1. The highest BCUT2D eigenvalue weighted by atomic mass is 19.1. The van der Waals surface area contributed by atoms with Crippen molar-refractivity contribution in [2.75, 3.05) is 0 Å². The molecule has 1 aromatic heterocycles. The molecule has 0 saturated heterocycles. The standard InChI is InChI=1S/C10H9FN2O3/c11-7-5-6(1-4-12-7)8(14)13-10(2-3-10)9(15)16/h1,4-5H,2-3H2,(H,13,14)(H,15,16). The summed E-state index contributed by atoms with van der Waals surface area (Å²) in [5, 5.41) is 11.2. The quantitative estimate of drug-likeness (QED) is 0.735. The van der Waals surface area contributed by atoms with Crippen LogP contribution in [0.2, 0.25) is 0 Å². The second-order valence-electron chi connectivity index (χ2n) is 3.71. The van der Waals surface area contributed by atoms with Gasteiger partial charge in [-0.2, -0.15) is 4.39 Å². The van der Waals surface area contributed by atoms with E-state index in [-0.39, 0.29) is 5.56 Å². The summed E-state index contributed by atoms with van der Waals surface area (Å²) in [7, 11) is 0. The Bertz CT molecular complexity index is 457. The minimum Gasteiger partial charge on any atom is -0.480 e. The van der Waals surface area contributed by atoms with E-state index in [0.717, 1.165) is 12.3 Å². The van der Waals surface area contributed by atoms with Crippen LogP contribution in [0.1, 0.15) is 23.2 Å². The molecule has 5 nitrogen and oxygen atoms in total. The highest BCUT2D eigenvalue weighted by molar-refractivity contribution is 5.98. The summed E-state index contributed by atoms with van der Waals surface area (Å²) >= 11 is 0. The first-order chi connectivity index (χ1) is 7.53. The average molecular weight is 224 g/mol. The van der Waals surface area contributed by atoms with E-state index < -0.39 is 23.4 Å². The fourth-order valence-corrected chi connectivity index (χ4v) is 1.35. The topological polar surface area (TPSA) is 79.3 Å². The SMILES string of the molecule is O=C(NC1(C(=O)O)CC1)c1ccnc(F)c1. The van der Waals surface area contributed by atoms with Gasteiger partial charge in [-0.05, 0) is 18.9 Å². The van der Waals surface area contributed by atoms with Crippen molar-refractivity contribution in [3.8, 4) is 0 Å². The highest BCUT2D eigenvalue weighted by Gasteiger charge is 2.51. The second-order valence-corrected chi connectivity index (χ2v) is 3.71. The van der Waals surface area contributed by atoms with Gasteiger partial charge < -0.3 is 10.4 Å². The number of hydrogen-bond donors (Lipinski definition) is 2. The molecule has 0 unspecified atom stereocenters. The maximum atomic E-state index is 12.7. The van der Waals surface area contributed by atoms with Crippen molar-refractivity contribution < 1.29 is 19.1 Å². The summed E-state index contributed by atoms with van der Waals surface area (Å²) in [6.45, 7) is 0. The monoisotopic (exact) mass is 224 g/mol. The Balaban J connectivity index is 2.12. The van der Waals surface area contributed by atoms with Gasteiger partial charge in [-0.1, -0.05) is 0 Å².